The van der Waals surface area contributed by atoms with Gasteiger partial charge in [-0.3, -0.25) is 0 Å². The van der Waals surface area contributed by atoms with Crippen LogP contribution in [-0.4, -0.2) is 23.1 Å². The minimum Gasteiger partial charge on any atom is -0.477 e. The van der Waals surface area contributed by atoms with Crippen molar-refractivity contribution in [2.24, 2.45) is 0 Å². The molecule has 0 heterocycles. The van der Waals surface area contributed by atoms with Gasteiger partial charge in [-0.1, -0.05) is 33.3 Å². The zero-order chi connectivity index (χ0) is 11.8. The molecule has 0 spiro atoms. The molecular weight excluding hydrogens is 196 g/mol. The van der Waals surface area contributed by atoms with E-state index in [9.17, 15) is 9.59 Å². The molecule has 0 radical (unpaired) electrons. The molecule has 0 aromatic carbocycles. The predicted octanol–water partition coefficient (Wildman–Crippen LogP) is 2.14. The number of esters is 1. The number of carbonyl (C=O) groups is 2. The molecule has 0 fully saturated rings. The van der Waals surface area contributed by atoms with Gasteiger partial charge in [0.15, 0.2) is 0 Å². The van der Waals surface area contributed by atoms with E-state index in [0.29, 0.717) is 0 Å². The largest absolute Gasteiger partial charge is 0.477 e. The van der Waals surface area contributed by atoms with Gasteiger partial charge in [-0.2, -0.15) is 0 Å². The Bertz CT molecular complexity index is 239. The number of hydrogen-bond donors (Lipinski definition) is 1. The molecule has 86 valence electrons. The quantitative estimate of drug-likeness (QED) is 0.305. The van der Waals surface area contributed by atoms with Gasteiger partial charge in [0.2, 0.25) is 0 Å². The monoisotopic (exact) mass is 214 g/mol. The van der Waals surface area contributed by atoms with Crippen LogP contribution in [0.3, 0.4) is 0 Å². The number of hydrogen-bond acceptors (Lipinski definition) is 3. The fraction of sp³-hybridized carbons (Fsp3) is 0.636. The van der Waals surface area contributed by atoms with Gasteiger partial charge < -0.3 is 9.84 Å². The maximum Gasteiger partial charge on any atom is 0.345 e. The minimum atomic E-state index is -1.33. The third kappa shape index (κ3) is 5.20. The molecule has 0 bridgehead atoms. The molecule has 0 aromatic rings. The van der Waals surface area contributed by atoms with Crippen LogP contribution in [0.4, 0.5) is 0 Å². The van der Waals surface area contributed by atoms with Crippen molar-refractivity contribution in [3.8, 4) is 0 Å². The molecule has 0 amide bonds. The Morgan fingerprint density at radius 3 is 2.07 bits per heavy atom. The molecule has 0 saturated carbocycles. The third-order valence-corrected chi connectivity index (χ3v) is 2.00. The lowest BCUT2D eigenvalue weighted by Crippen LogP contribution is -2.22. The molecule has 0 aromatic heterocycles. The fourth-order valence-electron chi connectivity index (χ4n) is 1.22. The SMILES string of the molecule is C=C(C(=O)O)C(=O)OC(CCC)CCC. The van der Waals surface area contributed by atoms with E-state index >= 15 is 0 Å². The summed E-state index contributed by atoms with van der Waals surface area (Å²) in [5, 5.41) is 8.52. The van der Waals surface area contributed by atoms with E-state index in [1.165, 1.54) is 0 Å². The van der Waals surface area contributed by atoms with Gasteiger partial charge in [-0.05, 0) is 12.8 Å². The summed E-state index contributed by atoms with van der Waals surface area (Å²) in [5.74, 6) is -2.15. The Kier molecular flexibility index (Phi) is 6.42. The van der Waals surface area contributed by atoms with Crippen LogP contribution in [0.15, 0.2) is 12.2 Å². The van der Waals surface area contributed by atoms with Gasteiger partial charge in [0.05, 0.1) is 0 Å². The van der Waals surface area contributed by atoms with Crippen molar-refractivity contribution in [3.05, 3.63) is 12.2 Å². The highest BCUT2D eigenvalue weighted by atomic mass is 16.5. The molecule has 4 heteroatoms. The normalized spacial score (nSPS) is 10.1. The summed E-state index contributed by atoms with van der Waals surface area (Å²) in [6, 6.07) is 0. The standard InChI is InChI=1S/C11H18O4/c1-4-6-9(7-5-2)15-11(14)8(3)10(12)13/h9H,3-7H2,1-2H3,(H,12,13). The van der Waals surface area contributed by atoms with Crippen LogP contribution in [-0.2, 0) is 14.3 Å². The van der Waals surface area contributed by atoms with Crippen molar-refractivity contribution in [1.29, 1.82) is 0 Å². The first-order valence-corrected chi connectivity index (χ1v) is 5.16. The van der Waals surface area contributed by atoms with E-state index in [1.54, 1.807) is 0 Å². The summed E-state index contributed by atoms with van der Waals surface area (Å²) in [6.07, 6.45) is 3.12. The smallest absolute Gasteiger partial charge is 0.345 e. The second-order valence-corrected chi connectivity index (χ2v) is 3.39. The van der Waals surface area contributed by atoms with E-state index in [4.69, 9.17) is 9.84 Å². The second kappa shape index (κ2) is 7.04. The summed E-state index contributed by atoms with van der Waals surface area (Å²) >= 11 is 0. The highest BCUT2D eigenvalue weighted by Crippen LogP contribution is 2.11. The van der Waals surface area contributed by atoms with Gasteiger partial charge in [0.1, 0.15) is 11.7 Å². The molecular formula is C11H18O4. The van der Waals surface area contributed by atoms with Crippen molar-refractivity contribution < 1.29 is 19.4 Å². The highest BCUT2D eigenvalue weighted by molar-refractivity contribution is 6.12. The maximum absolute atomic E-state index is 11.2. The minimum absolute atomic E-state index is 0.191. The van der Waals surface area contributed by atoms with Crippen molar-refractivity contribution in [2.75, 3.05) is 0 Å². The zero-order valence-electron chi connectivity index (χ0n) is 9.28. The molecule has 0 rings (SSSR count). The van der Waals surface area contributed by atoms with Crippen LogP contribution in [0.1, 0.15) is 39.5 Å². The highest BCUT2D eigenvalue weighted by Gasteiger charge is 2.19. The molecule has 0 unspecified atom stereocenters. The summed E-state index contributed by atoms with van der Waals surface area (Å²) in [4.78, 5) is 21.7. The Morgan fingerprint density at radius 2 is 1.73 bits per heavy atom. The molecule has 0 atom stereocenters. The van der Waals surface area contributed by atoms with Crippen molar-refractivity contribution in [2.45, 2.75) is 45.6 Å². The molecule has 1 N–H and O–H groups in total. The average Bonchev–Trinajstić information content (AvgIpc) is 2.17. The summed E-state index contributed by atoms with van der Waals surface area (Å²) in [7, 11) is 0. The summed E-state index contributed by atoms with van der Waals surface area (Å²) in [5.41, 5.74) is -0.507. The lowest BCUT2D eigenvalue weighted by Gasteiger charge is -2.16. The number of rotatable bonds is 7. The Labute approximate surface area is 89.9 Å². The number of carbonyl (C=O) groups excluding carboxylic acids is 1. The van der Waals surface area contributed by atoms with E-state index in [1.807, 2.05) is 13.8 Å². The first-order chi connectivity index (χ1) is 7.02. The van der Waals surface area contributed by atoms with Gasteiger partial charge in [0, 0.05) is 0 Å². The lowest BCUT2D eigenvalue weighted by atomic mass is 10.1. The van der Waals surface area contributed by atoms with E-state index in [2.05, 4.69) is 6.58 Å². The molecule has 4 nitrogen and oxygen atoms in total. The number of carboxylic acid groups (broad SMARTS) is 1. The summed E-state index contributed by atoms with van der Waals surface area (Å²) < 4.78 is 5.04. The topological polar surface area (TPSA) is 63.6 Å². The van der Waals surface area contributed by atoms with Gasteiger partial charge in [-0.25, -0.2) is 9.59 Å². The second-order valence-electron chi connectivity index (χ2n) is 3.39. The van der Waals surface area contributed by atoms with E-state index in [-0.39, 0.29) is 6.10 Å². The fourth-order valence-corrected chi connectivity index (χ4v) is 1.22. The van der Waals surface area contributed by atoms with E-state index < -0.39 is 17.5 Å². The predicted molar refractivity (Wildman–Crippen MR) is 56.5 cm³/mol. The number of ether oxygens (including phenoxy) is 1. The average molecular weight is 214 g/mol. The number of carboxylic acids is 1. The Morgan fingerprint density at radius 1 is 1.27 bits per heavy atom. The maximum atomic E-state index is 11.2. The molecule has 15 heavy (non-hydrogen) atoms. The van der Waals surface area contributed by atoms with Crippen molar-refractivity contribution in [1.82, 2.24) is 0 Å². The Hall–Kier alpha value is -1.32. The van der Waals surface area contributed by atoms with Crippen LogP contribution in [0.25, 0.3) is 0 Å². The summed E-state index contributed by atoms with van der Waals surface area (Å²) in [6.45, 7) is 7.13. The van der Waals surface area contributed by atoms with Gasteiger partial charge in [0.25, 0.3) is 0 Å². The zero-order valence-corrected chi connectivity index (χ0v) is 9.28. The number of aliphatic carboxylic acids is 1. The molecule has 0 aliphatic heterocycles. The van der Waals surface area contributed by atoms with Crippen LogP contribution in [0.2, 0.25) is 0 Å². The van der Waals surface area contributed by atoms with Crippen molar-refractivity contribution in [3.63, 3.8) is 0 Å². The first-order valence-electron chi connectivity index (χ1n) is 5.16. The van der Waals surface area contributed by atoms with Gasteiger partial charge >= 0.3 is 11.9 Å². The van der Waals surface area contributed by atoms with E-state index in [0.717, 1.165) is 25.7 Å². The van der Waals surface area contributed by atoms with Crippen LogP contribution in [0.5, 0.6) is 0 Å². The Balaban J connectivity index is 4.21. The lowest BCUT2D eigenvalue weighted by molar-refractivity contribution is -0.148. The third-order valence-electron chi connectivity index (χ3n) is 2.00. The first kappa shape index (κ1) is 13.7. The molecule has 0 saturated heterocycles. The van der Waals surface area contributed by atoms with Crippen molar-refractivity contribution >= 4 is 11.9 Å². The van der Waals surface area contributed by atoms with Crippen LogP contribution in [0, 0.1) is 0 Å². The van der Waals surface area contributed by atoms with Gasteiger partial charge in [-0.15, -0.1) is 0 Å². The van der Waals surface area contributed by atoms with Crippen LogP contribution < -0.4 is 0 Å². The van der Waals surface area contributed by atoms with Crippen LogP contribution >= 0.6 is 0 Å². The molecule has 0 aliphatic carbocycles. The molecule has 0 aliphatic rings.